The first-order valence-electron chi connectivity index (χ1n) is 11.1. The van der Waals surface area contributed by atoms with Gasteiger partial charge in [0.1, 0.15) is 0 Å². The Morgan fingerprint density at radius 2 is 1.50 bits per heavy atom. The number of hydrogen-bond acceptors (Lipinski definition) is 7. The van der Waals surface area contributed by atoms with Crippen LogP contribution in [0.25, 0.3) is 0 Å². The molecule has 0 aromatic heterocycles. The number of esters is 2. The molecule has 2 aromatic rings. The van der Waals surface area contributed by atoms with Gasteiger partial charge in [0.25, 0.3) is 0 Å². The summed E-state index contributed by atoms with van der Waals surface area (Å²) in [5.74, 6) is -1.63. The van der Waals surface area contributed by atoms with E-state index in [-0.39, 0.29) is 35.9 Å². The van der Waals surface area contributed by atoms with Gasteiger partial charge in [-0.1, -0.05) is 29.8 Å². The molecule has 8 heteroatoms. The van der Waals surface area contributed by atoms with Gasteiger partial charge < -0.3 is 24.2 Å². The lowest BCUT2D eigenvalue weighted by molar-refractivity contribution is -0.139. The van der Waals surface area contributed by atoms with Crippen LogP contribution in [0.1, 0.15) is 37.8 Å². The van der Waals surface area contributed by atoms with Gasteiger partial charge in [-0.05, 0) is 56.2 Å². The largest absolute Gasteiger partial charge is 0.504 e. The third-order valence-electron chi connectivity index (χ3n) is 5.15. The van der Waals surface area contributed by atoms with Gasteiger partial charge in [0.15, 0.2) is 11.5 Å². The fourth-order valence-electron chi connectivity index (χ4n) is 3.71. The normalized spacial score (nSPS) is 13.7. The van der Waals surface area contributed by atoms with Gasteiger partial charge in [0.2, 0.25) is 0 Å². The van der Waals surface area contributed by atoms with E-state index in [1.807, 2.05) is 12.1 Å². The van der Waals surface area contributed by atoms with Crippen LogP contribution < -0.4 is 4.74 Å². The number of benzene rings is 2. The molecule has 0 atom stereocenters. The third kappa shape index (κ3) is 5.91. The summed E-state index contributed by atoms with van der Waals surface area (Å²) in [5.41, 5.74) is 2.07. The van der Waals surface area contributed by atoms with Crippen LogP contribution in [0.4, 0.5) is 0 Å². The van der Waals surface area contributed by atoms with Crippen molar-refractivity contribution in [2.45, 2.75) is 33.2 Å². The predicted octanol–water partition coefficient (Wildman–Crippen LogP) is 4.94. The summed E-state index contributed by atoms with van der Waals surface area (Å²) in [5, 5.41) is 10.8. The number of phenols is 1. The van der Waals surface area contributed by atoms with Crippen LogP contribution in [0.5, 0.6) is 11.5 Å². The van der Waals surface area contributed by atoms with Crippen LogP contribution in [0.15, 0.2) is 66.0 Å². The number of phenolic OH excluding ortho intramolecular Hbond substituents is 1. The number of ether oxygens (including phenoxy) is 3. The second-order valence-electron chi connectivity index (χ2n) is 7.50. The van der Waals surface area contributed by atoms with E-state index in [0.29, 0.717) is 23.7 Å². The molecule has 0 aliphatic carbocycles. The molecule has 2 aromatic carbocycles. The average molecular weight is 486 g/mol. The van der Waals surface area contributed by atoms with Gasteiger partial charge in [0.05, 0.1) is 36.9 Å². The minimum absolute atomic E-state index is 0.0332. The van der Waals surface area contributed by atoms with E-state index in [1.165, 1.54) is 6.07 Å². The number of halogens is 1. The zero-order valence-corrected chi connectivity index (χ0v) is 20.2. The highest BCUT2D eigenvalue weighted by Gasteiger charge is 2.36. The molecule has 0 radical (unpaired) electrons. The summed E-state index contributed by atoms with van der Waals surface area (Å²) < 4.78 is 16.2. The van der Waals surface area contributed by atoms with Crippen molar-refractivity contribution in [2.75, 3.05) is 19.8 Å². The van der Waals surface area contributed by atoms with Crippen molar-refractivity contribution in [3.05, 3.63) is 82.2 Å². The lowest BCUT2D eigenvalue weighted by Crippen LogP contribution is -2.29. The van der Waals surface area contributed by atoms with Crippen LogP contribution in [0.2, 0.25) is 5.02 Å². The maximum Gasteiger partial charge on any atom is 0.336 e. The fourth-order valence-corrected chi connectivity index (χ4v) is 3.84. The molecule has 7 nitrogen and oxygen atoms in total. The molecule has 1 heterocycles. The lowest BCUT2D eigenvalue weighted by atomic mass is 9.83. The Kier molecular flexibility index (Phi) is 8.60. The molecule has 1 N–H and O–H groups in total. The number of hydrogen-bond donors (Lipinski definition) is 1. The highest BCUT2D eigenvalue weighted by molar-refractivity contribution is 6.30. The third-order valence-corrected chi connectivity index (χ3v) is 5.40. The van der Waals surface area contributed by atoms with Crippen molar-refractivity contribution in [1.82, 2.24) is 4.90 Å². The number of nitrogens with zero attached hydrogens (tertiary/aromatic N) is 1. The summed E-state index contributed by atoms with van der Waals surface area (Å²) in [4.78, 5) is 27.8. The second kappa shape index (κ2) is 11.6. The van der Waals surface area contributed by atoms with E-state index in [4.69, 9.17) is 25.8 Å². The first-order valence-corrected chi connectivity index (χ1v) is 11.5. The minimum Gasteiger partial charge on any atom is -0.504 e. The van der Waals surface area contributed by atoms with E-state index < -0.39 is 17.9 Å². The van der Waals surface area contributed by atoms with Crippen molar-refractivity contribution in [3.8, 4) is 11.5 Å². The highest BCUT2D eigenvalue weighted by atomic mass is 35.5. The van der Waals surface area contributed by atoms with Crippen LogP contribution in [0.3, 0.4) is 0 Å². The Hall–Kier alpha value is -3.45. The molecule has 1 aliphatic heterocycles. The lowest BCUT2D eigenvalue weighted by Gasteiger charge is -2.30. The molecule has 0 fully saturated rings. The SMILES string of the molecule is CCOC(=O)C1=CN(Cc2ccc(Cl)cc2)C=C(C(=O)OCC)C1c1ccc(O)c(OCC)c1. The number of carbonyl (C=O) groups excluding carboxylic acids is 2. The van der Waals surface area contributed by atoms with Crippen LogP contribution in [-0.2, 0) is 25.6 Å². The summed E-state index contributed by atoms with van der Waals surface area (Å²) in [6.07, 6.45) is 3.35. The molecular weight excluding hydrogens is 458 g/mol. The Labute approximate surface area is 204 Å². The summed E-state index contributed by atoms with van der Waals surface area (Å²) in [6, 6.07) is 12.1. The maximum atomic E-state index is 13.0. The molecule has 34 heavy (non-hydrogen) atoms. The Morgan fingerprint density at radius 3 is 2.03 bits per heavy atom. The van der Waals surface area contributed by atoms with Gasteiger partial charge in [-0.3, -0.25) is 0 Å². The van der Waals surface area contributed by atoms with Gasteiger partial charge in [-0.15, -0.1) is 0 Å². The summed E-state index contributed by atoms with van der Waals surface area (Å²) >= 11 is 6.00. The topological polar surface area (TPSA) is 85.3 Å². The monoisotopic (exact) mass is 485 g/mol. The van der Waals surface area contributed by atoms with Gasteiger partial charge in [0, 0.05) is 24.0 Å². The fraction of sp³-hybridized carbons (Fsp3) is 0.308. The molecular formula is C26H28ClNO6. The minimum atomic E-state index is -0.764. The Balaban J connectivity index is 2.10. The molecule has 0 unspecified atom stereocenters. The second-order valence-corrected chi connectivity index (χ2v) is 7.94. The predicted molar refractivity (Wildman–Crippen MR) is 128 cm³/mol. The average Bonchev–Trinajstić information content (AvgIpc) is 2.82. The van der Waals surface area contributed by atoms with E-state index in [0.717, 1.165) is 5.56 Å². The van der Waals surface area contributed by atoms with E-state index in [1.54, 1.807) is 62.3 Å². The smallest absolute Gasteiger partial charge is 0.336 e. The van der Waals surface area contributed by atoms with Crippen molar-refractivity contribution in [3.63, 3.8) is 0 Å². The summed E-state index contributed by atoms with van der Waals surface area (Å²) in [7, 11) is 0. The maximum absolute atomic E-state index is 13.0. The van der Waals surface area contributed by atoms with Crippen molar-refractivity contribution >= 4 is 23.5 Å². The van der Waals surface area contributed by atoms with Gasteiger partial charge >= 0.3 is 11.9 Å². The van der Waals surface area contributed by atoms with Gasteiger partial charge in [-0.25, -0.2) is 9.59 Å². The van der Waals surface area contributed by atoms with Gasteiger partial charge in [-0.2, -0.15) is 0 Å². The standard InChI is InChI=1S/C26H28ClNO6/c1-4-32-23-13-18(9-12-22(23)29)24-20(25(30)33-5-2)15-28(16-21(24)26(31)34-6-3)14-17-7-10-19(27)11-8-17/h7-13,15-16,24,29H,4-6,14H2,1-3H3. The molecule has 0 saturated carbocycles. The molecule has 3 rings (SSSR count). The highest BCUT2D eigenvalue weighted by Crippen LogP contribution is 2.40. The Bertz CT molecular complexity index is 1060. The summed E-state index contributed by atoms with van der Waals surface area (Å²) in [6.45, 7) is 6.34. The number of carbonyl (C=O) groups is 2. The zero-order chi connectivity index (χ0) is 24.7. The molecule has 0 bridgehead atoms. The number of rotatable bonds is 9. The molecule has 1 aliphatic rings. The van der Waals surface area contributed by atoms with E-state index in [2.05, 4.69) is 0 Å². The zero-order valence-electron chi connectivity index (χ0n) is 19.4. The van der Waals surface area contributed by atoms with Crippen LogP contribution >= 0.6 is 11.6 Å². The van der Waals surface area contributed by atoms with Crippen molar-refractivity contribution in [1.29, 1.82) is 0 Å². The van der Waals surface area contributed by atoms with E-state index >= 15 is 0 Å². The molecule has 0 spiro atoms. The molecule has 180 valence electrons. The first kappa shape index (κ1) is 25.2. The molecule has 0 amide bonds. The quantitative estimate of drug-likeness (QED) is 0.503. The van der Waals surface area contributed by atoms with Crippen molar-refractivity contribution < 1.29 is 28.9 Å². The Morgan fingerprint density at radius 1 is 0.912 bits per heavy atom. The number of aromatic hydroxyl groups is 1. The van der Waals surface area contributed by atoms with Crippen molar-refractivity contribution in [2.24, 2.45) is 0 Å². The first-order chi connectivity index (χ1) is 16.4. The van der Waals surface area contributed by atoms with Crippen LogP contribution in [0, 0.1) is 0 Å². The van der Waals surface area contributed by atoms with Crippen LogP contribution in [-0.4, -0.2) is 41.8 Å². The molecule has 0 saturated heterocycles. The van der Waals surface area contributed by atoms with E-state index in [9.17, 15) is 14.7 Å².